The fourth-order valence-electron chi connectivity index (χ4n) is 2.58. The lowest BCUT2D eigenvalue weighted by Gasteiger charge is -2.34. The minimum atomic E-state index is -0.318. The number of anilines is 1. The molecule has 0 aromatic carbocycles. The minimum Gasteiger partial charge on any atom is -0.450 e. The van der Waals surface area contributed by atoms with Crippen molar-refractivity contribution >= 4 is 17.8 Å². The molecule has 1 aliphatic rings. The Bertz CT molecular complexity index is 574. The molecule has 0 radical (unpaired) electrons. The van der Waals surface area contributed by atoms with Crippen molar-refractivity contribution in [1.29, 1.82) is 0 Å². The lowest BCUT2D eigenvalue weighted by atomic mass is 10.2. The number of hydrogen-bond acceptors (Lipinski definition) is 6. The number of methoxy groups -OCH3 is 1. The average Bonchev–Trinajstić information content (AvgIpc) is 2.65. The van der Waals surface area contributed by atoms with Crippen LogP contribution in [0.3, 0.4) is 0 Å². The third-order valence-electron chi connectivity index (χ3n) is 3.93. The molecular formula is C17H26N4O4. The molecule has 2 rings (SSSR count). The van der Waals surface area contributed by atoms with Gasteiger partial charge in [-0.2, -0.15) is 0 Å². The third kappa shape index (κ3) is 5.60. The predicted octanol–water partition coefficient (Wildman–Crippen LogP) is 1.44. The highest BCUT2D eigenvalue weighted by molar-refractivity contribution is 5.95. The molecule has 1 saturated heterocycles. The van der Waals surface area contributed by atoms with Gasteiger partial charge in [-0.3, -0.25) is 4.79 Å². The Morgan fingerprint density at radius 3 is 2.64 bits per heavy atom. The molecule has 1 aliphatic heterocycles. The van der Waals surface area contributed by atoms with Crippen LogP contribution < -0.4 is 5.32 Å². The maximum Gasteiger partial charge on any atom is 0.409 e. The summed E-state index contributed by atoms with van der Waals surface area (Å²) in [5.74, 6) is 0.623. The molecule has 0 spiro atoms. The van der Waals surface area contributed by atoms with E-state index in [9.17, 15) is 9.59 Å². The zero-order valence-corrected chi connectivity index (χ0v) is 14.9. The van der Waals surface area contributed by atoms with Crippen LogP contribution in [-0.2, 0) is 9.47 Å². The number of aromatic nitrogens is 1. The monoisotopic (exact) mass is 350 g/mol. The normalized spacial score (nSPS) is 14.3. The number of carbonyl (C=O) groups excluding carboxylic acids is 2. The Labute approximate surface area is 148 Å². The maximum absolute atomic E-state index is 12.6. The largest absolute Gasteiger partial charge is 0.450 e. The van der Waals surface area contributed by atoms with Crippen molar-refractivity contribution in [2.75, 3.05) is 58.4 Å². The summed E-state index contributed by atoms with van der Waals surface area (Å²) in [6, 6.07) is 3.47. The van der Waals surface area contributed by atoms with E-state index in [0.717, 1.165) is 13.0 Å². The van der Waals surface area contributed by atoms with Gasteiger partial charge in [0.05, 0.1) is 6.61 Å². The molecule has 1 N–H and O–H groups in total. The minimum absolute atomic E-state index is 0.0501. The topological polar surface area (TPSA) is 84.0 Å². The van der Waals surface area contributed by atoms with Crippen LogP contribution in [0.25, 0.3) is 0 Å². The summed E-state index contributed by atoms with van der Waals surface area (Å²) in [4.78, 5) is 32.0. The molecule has 0 bridgehead atoms. The predicted molar refractivity (Wildman–Crippen MR) is 93.7 cm³/mol. The van der Waals surface area contributed by atoms with Crippen molar-refractivity contribution in [1.82, 2.24) is 14.8 Å². The van der Waals surface area contributed by atoms with Gasteiger partial charge in [0.15, 0.2) is 0 Å². The molecule has 0 atom stereocenters. The van der Waals surface area contributed by atoms with Crippen molar-refractivity contribution in [2.45, 2.75) is 13.3 Å². The first-order valence-electron chi connectivity index (χ1n) is 8.55. The quantitative estimate of drug-likeness (QED) is 0.749. The highest BCUT2D eigenvalue weighted by Gasteiger charge is 2.25. The number of ether oxygens (including phenoxy) is 2. The summed E-state index contributed by atoms with van der Waals surface area (Å²) >= 11 is 0. The van der Waals surface area contributed by atoms with Gasteiger partial charge in [0.25, 0.3) is 5.91 Å². The van der Waals surface area contributed by atoms with Gasteiger partial charge >= 0.3 is 6.09 Å². The standard InChI is InChI=1S/C17H26N4O4/c1-3-25-17(23)21-10-8-20(9-11-21)16(22)14-5-7-19-15(13-14)18-6-4-12-24-2/h5,7,13H,3-4,6,8-12H2,1-2H3,(H,18,19). The summed E-state index contributed by atoms with van der Waals surface area (Å²) in [6.45, 7) is 5.51. The van der Waals surface area contributed by atoms with Crippen molar-refractivity contribution in [2.24, 2.45) is 0 Å². The van der Waals surface area contributed by atoms with Gasteiger partial charge in [-0.05, 0) is 25.5 Å². The highest BCUT2D eigenvalue weighted by atomic mass is 16.6. The van der Waals surface area contributed by atoms with E-state index in [0.29, 0.717) is 50.8 Å². The van der Waals surface area contributed by atoms with Gasteiger partial charge in [0.1, 0.15) is 5.82 Å². The maximum atomic E-state index is 12.6. The number of piperazine rings is 1. The van der Waals surface area contributed by atoms with Crippen LogP contribution in [0.15, 0.2) is 18.3 Å². The lowest BCUT2D eigenvalue weighted by Crippen LogP contribution is -2.50. The van der Waals surface area contributed by atoms with E-state index in [4.69, 9.17) is 9.47 Å². The molecule has 138 valence electrons. The molecular weight excluding hydrogens is 324 g/mol. The Hall–Kier alpha value is -2.35. The number of carbonyl (C=O) groups is 2. The first-order chi connectivity index (χ1) is 12.2. The Kier molecular flexibility index (Phi) is 7.46. The van der Waals surface area contributed by atoms with Crippen LogP contribution in [0.1, 0.15) is 23.7 Å². The number of nitrogens with one attached hydrogen (secondary N) is 1. The number of amides is 2. The van der Waals surface area contributed by atoms with Gasteiger partial charge in [0, 0.05) is 58.2 Å². The van der Waals surface area contributed by atoms with E-state index in [1.165, 1.54) is 0 Å². The smallest absolute Gasteiger partial charge is 0.409 e. The fraction of sp³-hybridized carbons (Fsp3) is 0.588. The fourth-order valence-corrected chi connectivity index (χ4v) is 2.58. The van der Waals surface area contributed by atoms with E-state index < -0.39 is 0 Å². The molecule has 8 nitrogen and oxygen atoms in total. The van der Waals surface area contributed by atoms with Crippen molar-refractivity contribution < 1.29 is 19.1 Å². The van der Waals surface area contributed by atoms with E-state index >= 15 is 0 Å². The Morgan fingerprint density at radius 2 is 1.96 bits per heavy atom. The second-order valence-corrected chi connectivity index (χ2v) is 5.68. The second kappa shape index (κ2) is 9.83. The van der Waals surface area contributed by atoms with E-state index in [1.807, 2.05) is 0 Å². The van der Waals surface area contributed by atoms with Gasteiger partial charge in [-0.15, -0.1) is 0 Å². The second-order valence-electron chi connectivity index (χ2n) is 5.68. The summed E-state index contributed by atoms with van der Waals surface area (Å²) < 4.78 is 9.99. The van der Waals surface area contributed by atoms with Gasteiger partial charge < -0.3 is 24.6 Å². The van der Waals surface area contributed by atoms with Gasteiger partial charge in [-0.1, -0.05) is 0 Å². The molecule has 2 heterocycles. The molecule has 0 saturated carbocycles. The van der Waals surface area contributed by atoms with Crippen LogP contribution in [-0.4, -0.2) is 79.8 Å². The van der Waals surface area contributed by atoms with Crippen LogP contribution in [0.2, 0.25) is 0 Å². The van der Waals surface area contributed by atoms with Crippen molar-refractivity contribution in [3.8, 4) is 0 Å². The molecule has 1 aromatic rings. The molecule has 8 heteroatoms. The molecule has 1 fully saturated rings. The summed E-state index contributed by atoms with van der Waals surface area (Å²) in [5, 5.41) is 3.18. The van der Waals surface area contributed by atoms with E-state index in [-0.39, 0.29) is 12.0 Å². The molecule has 25 heavy (non-hydrogen) atoms. The van der Waals surface area contributed by atoms with Crippen LogP contribution in [0.4, 0.5) is 10.6 Å². The summed E-state index contributed by atoms with van der Waals surface area (Å²) in [5.41, 5.74) is 0.592. The molecule has 0 unspecified atom stereocenters. The zero-order valence-electron chi connectivity index (χ0n) is 14.9. The number of pyridine rings is 1. The van der Waals surface area contributed by atoms with Gasteiger partial charge in [-0.25, -0.2) is 9.78 Å². The van der Waals surface area contributed by atoms with Crippen molar-refractivity contribution in [3.05, 3.63) is 23.9 Å². The van der Waals surface area contributed by atoms with E-state index in [2.05, 4.69) is 10.3 Å². The first kappa shape index (κ1) is 19.0. The summed E-state index contributed by atoms with van der Waals surface area (Å²) in [6.07, 6.45) is 2.17. The summed E-state index contributed by atoms with van der Waals surface area (Å²) in [7, 11) is 1.67. The molecule has 1 aromatic heterocycles. The number of rotatable bonds is 7. The van der Waals surface area contributed by atoms with Crippen LogP contribution >= 0.6 is 0 Å². The van der Waals surface area contributed by atoms with Crippen molar-refractivity contribution in [3.63, 3.8) is 0 Å². The average molecular weight is 350 g/mol. The lowest BCUT2D eigenvalue weighted by molar-refractivity contribution is 0.0570. The first-order valence-corrected chi connectivity index (χ1v) is 8.55. The number of nitrogens with zero attached hydrogens (tertiary/aromatic N) is 3. The molecule has 0 aliphatic carbocycles. The highest BCUT2D eigenvalue weighted by Crippen LogP contribution is 2.12. The Balaban J connectivity index is 1.87. The molecule has 2 amide bonds. The van der Waals surface area contributed by atoms with Crippen LogP contribution in [0, 0.1) is 0 Å². The zero-order chi connectivity index (χ0) is 18.1. The third-order valence-corrected chi connectivity index (χ3v) is 3.93. The SMILES string of the molecule is CCOC(=O)N1CCN(C(=O)c2ccnc(NCCCOC)c2)CC1. The van der Waals surface area contributed by atoms with Gasteiger partial charge in [0.2, 0.25) is 0 Å². The number of hydrogen-bond donors (Lipinski definition) is 1. The Morgan fingerprint density at radius 1 is 1.24 bits per heavy atom. The van der Waals surface area contributed by atoms with E-state index in [1.54, 1.807) is 42.2 Å². The van der Waals surface area contributed by atoms with Crippen LogP contribution in [0.5, 0.6) is 0 Å².